The molecule has 1 aliphatic carbocycles. The molecule has 0 heterocycles. The van der Waals surface area contributed by atoms with Crippen LogP contribution in [0.5, 0.6) is 5.75 Å². The summed E-state index contributed by atoms with van der Waals surface area (Å²) in [6, 6.07) is 4.31. The van der Waals surface area contributed by atoms with Crippen molar-refractivity contribution in [3.8, 4) is 5.75 Å². The molecule has 0 radical (unpaired) electrons. The van der Waals surface area contributed by atoms with Crippen LogP contribution in [0.4, 0.5) is 5.69 Å². The predicted octanol–water partition coefficient (Wildman–Crippen LogP) is 2.71. The molecule has 0 aromatic heterocycles. The Labute approximate surface area is 107 Å². The minimum absolute atomic E-state index is 0.0214. The van der Waals surface area contributed by atoms with Crippen LogP contribution >= 0.6 is 0 Å². The molecule has 3 N–H and O–H groups in total. The van der Waals surface area contributed by atoms with Gasteiger partial charge in [-0.1, -0.05) is 13.3 Å². The maximum atomic E-state index is 12.0. The van der Waals surface area contributed by atoms with Crippen LogP contribution in [0.3, 0.4) is 0 Å². The van der Waals surface area contributed by atoms with Crippen LogP contribution in [-0.2, 0) is 4.74 Å². The summed E-state index contributed by atoms with van der Waals surface area (Å²) in [7, 11) is 0. The Morgan fingerprint density at radius 3 is 2.94 bits per heavy atom. The fourth-order valence-corrected chi connectivity index (χ4v) is 2.42. The SMILES string of the molecule is CC1CCCC(OC(=O)c2cc(O)ccc2N)C1. The molecule has 2 unspecified atom stereocenters. The number of aromatic hydroxyl groups is 1. The van der Waals surface area contributed by atoms with Gasteiger partial charge in [0.25, 0.3) is 0 Å². The van der Waals surface area contributed by atoms with Crippen molar-refractivity contribution in [3.63, 3.8) is 0 Å². The van der Waals surface area contributed by atoms with Crippen LogP contribution in [0.25, 0.3) is 0 Å². The number of esters is 1. The Bertz CT molecular complexity index is 445. The lowest BCUT2D eigenvalue weighted by molar-refractivity contribution is 0.0156. The second-order valence-corrected chi connectivity index (χ2v) is 5.07. The Morgan fingerprint density at radius 2 is 2.22 bits per heavy atom. The predicted molar refractivity (Wildman–Crippen MR) is 69.4 cm³/mol. The van der Waals surface area contributed by atoms with Gasteiger partial charge in [0.05, 0.1) is 5.56 Å². The zero-order valence-electron chi connectivity index (χ0n) is 10.6. The zero-order valence-corrected chi connectivity index (χ0v) is 10.6. The number of nitrogens with two attached hydrogens (primary N) is 1. The summed E-state index contributed by atoms with van der Waals surface area (Å²) in [6.45, 7) is 2.17. The average molecular weight is 249 g/mol. The van der Waals surface area contributed by atoms with Crippen LogP contribution in [0.2, 0.25) is 0 Å². The molecule has 0 aliphatic heterocycles. The van der Waals surface area contributed by atoms with Crippen molar-refractivity contribution in [1.29, 1.82) is 0 Å². The molecule has 0 amide bonds. The van der Waals surface area contributed by atoms with E-state index in [0.29, 0.717) is 11.6 Å². The van der Waals surface area contributed by atoms with Crippen molar-refractivity contribution < 1.29 is 14.6 Å². The Morgan fingerprint density at radius 1 is 1.44 bits per heavy atom. The molecule has 2 rings (SSSR count). The third kappa shape index (κ3) is 2.94. The van der Waals surface area contributed by atoms with Crippen molar-refractivity contribution in [1.82, 2.24) is 0 Å². The van der Waals surface area contributed by atoms with E-state index in [2.05, 4.69) is 6.92 Å². The first kappa shape index (κ1) is 12.7. The number of anilines is 1. The van der Waals surface area contributed by atoms with Gasteiger partial charge in [0.1, 0.15) is 11.9 Å². The van der Waals surface area contributed by atoms with E-state index in [9.17, 15) is 9.90 Å². The monoisotopic (exact) mass is 249 g/mol. The molecule has 0 saturated heterocycles. The van der Waals surface area contributed by atoms with Gasteiger partial charge in [0, 0.05) is 5.69 Å². The topological polar surface area (TPSA) is 72.5 Å². The highest BCUT2D eigenvalue weighted by Gasteiger charge is 2.23. The molecular weight excluding hydrogens is 230 g/mol. The average Bonchev–Trinajstić information content (AvgIpc) is 2.32. The second kappa shape index (κ2) is 5.29. The lowest BCUT2D eigenvalue weighted by Gasteiger charge is -2.26. The molecule has 1 aromatic carbocycles. The van der Waals surface area contributed by atoms with E-state index in [4.69, 9.17) is 10.5 Å². The van der Waals surface area contributed by atoms with Crippen LogP contribution < -0.4 is 5.73 Å². The maximum absolute atomic E-state index is 12.0. The van der Waals surface area contributed by atoms with Crippen LogP contribution in [-0.4, -0.2) is 17.2 Å². The van der Waals surface area contributed by atoms with Crippen molar-refractivity contribution >= 4 is 11.7 Å². The molecule has 1 fully saturated rings. The first-order chi connectivity index (χ1) is 8.56. The summed E-state index contributed by atoms with van der Waals surface area (Å²) in [5.41, 5.74) is 6.29. The van der Waals surface area contributed by atoms with E-state index >= 15 is 0 Å². The van der Waals surface area contributed by atoms with Gasteiger partial charge in [-0.25, -0.2) is 4.79 Å². The van der Waals surface area contributed by atoms with Gasteiger partial charge in [-0.15, -0.1) is 0 Å². The first-order valence-corrected chi connectivity index (χ1v) is 6.35. The van der Waals surface area contributed by atoms with Crippen molar-refractivity contribution in [2.24, 2.45) is 5.92 Å². The van der Waals surface area contributed by atoms with Crippen LogP contribution in [0.1, 0.15) is 43.0 Å². The van der Waals surface area contributed by atoms with Gasteiger partial charge in [-0.3, -0.25) is 0 Å². The van der Waals surface area contributed by atoms with Gasteiger partial charge >= 0.3 is 5.97 Å². The Kier molecular flexibility index (Phi) is 3.75. The molecular formula is C14H19NO3. The molecule has 4 heteroatoms. The number of carbonyl (C=O) groups is 1. The largest absolute Gasteiger partial charge is 0.508 e. The van der Waals surface area contributed by atoms with Crippen LogP contribution in [0.15, 0.2) is 18.2 Å². The number of phenols is 1. The normalized spacial score (nSPS) is 23.6. The fraction of sp³-hybridized carbons (Fsp3) is 0.500. The van der Waals surface area contributed by atoms with E-state index in [1.165, 1.54) is 24.6 Å². The van der Waals surface area contributed by atoms with Gasteiger partial charge in [0.2, 0.25) is 0 Å². The number of benzene rings is 1. The van der Waals surface area contributed by atoms with Gasteiger partial charge < -0.3 is 15.6 Å². The lowest BCUT2D eigenvalue weighted by atomic mass is 9.89. The van der Waals surface area contributed by atoms with Gasteiger partial charge in [0.15, 0.2) is 0 Å². The Balaban J connectivity index is 2.05. The molecule has 1 aliphatic rings. The summed E-state index contributed by atoms with van der Waals surface area (Å²) >= 11 is 0. The molecule has 1 saturated carbocycles. The molecule has 18 heavy (non-hydrogen) atoms. The molecule has 0 bridgehead atoms. The highest BCUT2D eigenvalue weighted by atomic mass is 16.5. The van der Waals surface area contributed by atoms with Crippen LogP contribution in [0, 0.1) is 5.92 Å². The van der Waals surface area contributed by atoms with Crippen molar-refractivity contribution in [3.05, 3.63) is 23.8 Å². The number of phenolic OH excluding ortho intramolecular Hbond substituents is 1. The molecule has 2 atom stereocenters. The zero-order chi connectivity index (χ0) is 13.1. The molecule has 0 spiro atoms. The first-order valence-electron chi connectivity index (χ1n) is 6.35. The highest BCUT2D eigenvalue weighted by Crippen LogP contribution is 2.27. The number of hydrogen-bond donors (Lipinski definition) is 2. The van der Waals surface area contributed by atoms with Gasteiger partial charge in [-0.05, 0) is 43.4 Å². The van der Waals surface area contributed by atoms with Gasteiger partial charge in [-0.2, -0.15) is 0 Å². The second-order valence-electron chi connectivity index (χ2n) is 5.07. The van der Waals surface area contributed by atoms with E-state index < -0.39 is 5.97 Å². The summed E-state index contributed by atoms with van der Waals surface area (Å²) in [4.78, 5) is 12.0. The summed E-state index contributed by atoms with van der Waals surface area (Å²) in [5.74, 6) is 0.175. The fourth-order valence-electron chi connectivity index (χ4n) is 2.42. The third-order valence-electron chi connectivity index (χ3n) is 3.42. The molecule has 1 aromatic rings. The number of ether oxygens (including phenoxy) is 1. The number of rotatable bonds is 2. The summed E-state index contributed by atoms with van der Waals surface area (Å²) in [6.07, 6.45) is 4.08. The smallest absolute Gasteiger partial charge is 0.340 e. The highest BCUT2D eigenvalue weighted by molar-refractivity contribution is 5.95. The standard InChI is InChI=1S/C14H19NO3/c1-9-3-2-4-11(7-9)18-14(17)12-8-10(16)5-6-13(12)15/h5-6,8-9,11,16H,2-4,7,15H2,1H3. The minimum atomic E-state index is -0.442. The maximum Gasteiger partial charge on any atom is 0.340 e. The summed E-state index contributed by atoms with van der Waals surface area (Å²) in [5, 5.41) is 9.37. The lowest BCUT2D eigenvalue weighted by Crippen LogP contribution is -2.24. The van der Waals surface area contributed by atoms with E-state index in [-0.39, 0.29) is 17.4 Å². The number of hydrogen-bond acceptors (Lipinski definition) is 4. The van der Waals surface area contributed by atoms with E-state index in [1.54, 1.807) is 0 Å². The molecule has 4 nitrogen and oxygen atoms in total. The van der Waals surface area contributed by atoms with Crippen molar-refractivity contribution in [2.45, 2.75) is 38.7 Å². The quantitative estimate of drug-likeness (QED) is 0.480. The van der Waals surface area contributed by atoms with E-state index in [1.807, 2.05) is 0 Å². The summed E-state index contributed by atoms with van der Waals surface area (Å²) < 4.78 is 5.45. The molecule has 98 valence electrons. The van der Waals surface area contributed by atoms with Crippen molar-refractivity contribution in [2.75, 3.05) is 5.73 Å². The Hall–Kier alpha value is -1.71. The number of nitrogen functional groups attached to an aromatic ring is 1. The third-order valence-corrected chi connectivity index (χ3v) is 3.42. The van der Waals surface area contributed by atoms with E-state index in [0.717, 1.165) is 19.3 Å². The minimum Gasteiger partial charge on any atom is -0.508 e. The number of carbonyl (C=O) groups excluding carboxylic acids is 1.